The second-order valence-electron chi connectivity index (χ2n) is 5.78. The largest absolute Gasteiger partial charge is 0.480 e. The van der Waals surface area contributed by atoms with E-state index in [-0.39, 0.29) is 17.5 Å². The minimum Gasteiger partial charge on any atom is -0.480 e. The lowest BCUT2D eigenvalue weighted by Crippen LogP contribution is -2.24. The molecule has 0 aliphatic carbocycles. The Balaban J connectivity index is 2.32. The maximum absolute atomic E-state index is 12.0. The van der Waals surface area contributed by atoms with Gasteiger partial charge in [-0.3, -0.25) is 4.79 Å². The summed E-state index contributed by atoms with van der Waals surface area (Å²) in [4.78, 5) is 20.6. The molecule has 2 N–H and O–H groups in total. The van der Waals surface area contributed by atoms with E-state index in [0.29, 0.717) is 22.8 Å². The van der Waals surface area contributed by atoms with Gasteiger partial charge in [0.2, 0.25) is 11.8 Å². The number of nitrogens with zero attached hydrogens (tertiary/aromatic N) is 4. The molecule has 3 rings (SSSR count). The average Bonchev–Trinajstić information content (AvgIpc) is 2.62. The number of hydrogen-bond acceptors (Lipinski definition) is 6. The van der Waals surface area contributed by atoms with Crippen LogP contribution in [0, 0.1) is 0 Å². The lowest BCUT2D eigenvalue weighted by atomic mass is 10.0. The van der Waals surface area contributed by atoms with E-state index in [1.807, 2.05) is 44.2 Å². The first-order chi connectivity index (χ1) is 12.0. The fraction of sp³-hybridized carbons (Fsp3) is 0.222. The van der Waals surface area contributed by atoms with Crippen molar-refractivity contribution >= 4 is 5.95 Å². The first-order valence-electron chi connectivity index (χ1n) is 7.88. The number of aromatic nitrogens is 4. The lowest BCUT2D eigenvalue weighted by molar-refractivity contribution is 0.399. The zero-order chi connectivity index (χ0) is 18.0. The third kappa shape index (κ3) is 3.21. The van der Waals surface area contributed by atoms with Gasteiger partial charge in [-0.2, -0.15) is 10.1 Å². The molecule has 0 bridgehead atoms. The minimum atomic E-state index is -0.171. The molecule has 3 aromatic rings. The maximum atomic E-state index is 12.0. The van der Waals surface area contributed by atoms with E-state index in [1.54, 1.807) is 6.07 Å². The Kier molecular flexibility index (Phi) is 4.47. The van der Waals surface area contributed by atoms with Crippen LogP contribution in [0.2, 0.25) is 0 Å². The number of nitrogens with two attached hydrogens (primary N) is 1. The van der Waals surface area contributed by atoms with E-state index in [0.717, 1.165) is 5.56 Å². The van der Waals surface area contributed by atoms with Crippen LogP contribution in [-0.2, 0) is 0 Å². The van der Waals surface area contributed by atoms with Crippen LogP contribution in [0.3, 0.4) is 0 Å². The number of benzene rings is 1. The molecule has 0 fully saturated rings. The highest BCUT2D eigenvalue weighted by molar-refractivity contribution is 5.82. The summed E-state index contributed by atoms with van der Waals surface area (Å²) in [6.07, 6.45) is 0. The molecule has 0 radical (unpaired) electrons. The van der Waals surface area contributed by atoms with E-state index in [4.69, 9.17) is 10.5 Å². The molecule has 2 aromatic heterocycles. The molecule has 0 aliphatic heterocycles. The summed E-state index contributed by atoms with van der Waals surface area (Å²) in [5, 5.41) is 4.47. The first-order valence-corrected chi connectivity index (χ1v) is 7.88. The Morgan fingerprint density at radius 2 is 1.80 bits per heavy atom. The molecule has 128 valence electrons. The van der Waals surface area contributed by atoms with Gasteiger partial charge < -0.3 is 10.5 Å². The number of anilines is 1. The van der Waals surface area contributed by atoms with Crippen LogP contribution in [0.5, 0.6) is 5.88 Å². The quantitative estimate of drug-likeness (QED) is 0.786. The van der Waals surface area contributed by atoms with Gasteiger partial charge in [-0.25, -0.2) is 9.67 Å². The van der Waals surface area contributed by atoms with Crippen molar-refractivity contribution in [1.29, 1.82) is 0 Å². The van der Waals surface area contributed by atoms with Gasteiger partial charge in [0.1, 0.15) is 0 Å². The summed E-state index contributed by atoms with van der Waals surface area (Å²) >= 11 is 0. The second-order valence-corrected chi connectivity index (χ2v) is 5.78. The van der Waals surface area contributed by atoms with Gasteiger partial charge >= 0.3 is 0 Å². The molecular weight excluding hydrogens is 318 g/mol. The molecule has 0 atom stereocenters. The van der Waals surface area contributed by atoms with Crippen LogP contribution in [0.4, 0.5) is 5.95 Å². The molecule has 0 unspecified atom stereocenters. The minimum absolute atomic E-state index is 0.0756. The van der Waals surface area contributed by atoms with Crippen molar-refractivity contribution in [2.45, 2.75) is 19.9 Å². The van der Waals surface area contributed by atoms with Crippen molar-refractivity contribution in [3.8, 4) is 28.4 Å². The summed E-state index contributed by atoms with van der Waals surface area (Å²) in [6, 6.07) is 12.6. The molecule has 25 heavy (non-hydrogen) atoms. The fourth-order valence-corrected chi connectivity index (χ4v) is 2.57. The van der Waals surface area contributed by atoms with Gasteiger partial charge in [0, 0.05) is 11.6 Å². The average molecular weight is 337 g/mol. The Labute approximate surface area is 145 Å². The molecule has 1 aromatic carbocycles. The Bertz CT molecular complexity index is 951. The second kappa shape index (κ2) is 6.72. The van der Waals surface area contributed by atoms with Gasteiger partial charge in [-0.15, -0.1) is 0 Å². The zero-order valence-electron chi connectivity index (χ0n) is 14.3. The van der Waals surface area contributed by atoms with Crippen molar-refractivity contribution in [3.05, 3.63) is 52.8 Å². The molecule has 2 heterocycles. The van der Waals surface area contributed by atoms with Gasteiger partial charge in [0.05, 0.1) is 30.1 Å². The van der Waals surface area contributed by atoms with Crippen LogP contribution >= 0.6 is 0 Å². The van der Waals surface area contributed by atoms with Gasteiger partial charge in [0.15, 0.2) is 0 Å². The van der Waals surface area contributed by atoms with Crippen molar-refractivity contribution in [3.63, 3.8) is 0 Å². The van der Waals surface area contributed by atoms with Crippen LogP contribution in [0.25, 0.3) is 22.5 Å². The van der Waals surface area contributed by atoms with Crippen LogP contribution in [0.1, 0.15) is 19.9 Å². The number of hydrogen-bond donors (Lipinski definition) is 1. The van der Waals surface area contributed by atoms with E-state index in [1.165, 1.54) is 17.9 Å². The Morgan fingerprint density at radius 3 is 2.44 bits per heavy atom. The highest BCUT2D eigenvalue weighted by Gasteiger charge is 2.20. The van der Waals surface area contributed by atoms with E-state index < -0.39 is 0 Å². The van der Waals surface area contributed by atoms with Crippen LogP contribution in [-0.4, -0.2) is 26.9 Å². The molecular formula is C18H19N5O2. The Hall–Kier alpha value is -3.22. The Morgan fingerprint density at radius 1 is 1.08 bits per heavy atom. The number of nitrogen functional groups attached to an aromatic ring is 1. The van der Waals surface area contributed by atoms with Gasteiger partial charge in [-0.05, 0) is 19.9 Å². The van der Waals surface area contributed by atoms with Gasteiger partial charge in [0.25, 0.3) is 5.56 Å². The van der Waals surface area contributed by atoms with E-state index in [9.17, 15) is 4.79 Å². The lowest BCUT2D eigenvalue weighted by Gasteiger charge is -2.15. The zero-order valence-corrected chi connectivity index (χ0v) is 14.3. The smallest absolute Gasteiger partial charge is 0.267 e. The summed E-state index contributed by atoms with van der Waals surface area (Å²) in [5.74, 6) is 0.421. The number of ether oxygens (including phenoxy) is 1. The van der Waals surface area contributed by atoms with Crippen molar-refractivity contribution in [2.75, 3.05) is 12.8 Å². The third-order valence-electron chi connectivity index (χ3n) is 3.70. The SMILES string of the molecule is COc1nc(N)nc(-c2ccccc2)c1-c1ccc(=O)n(C(C)C)n1. The van der Waals surface area contributed by atoms with Crippen LogP contribution in [0.15, 0.2) is 47.3 Å². The molecule has 0 saturated carbocycles. The highest BCUT2D eigenvalue weighted by atomic mass is 16.5. The normalized spacial score (nSPS) is 10.9. The van der Waals surface area contributed by atoms with E-state index in [2.05, 4.69) is 15.1 Å². The maximum Gasteiger partial charge on any atom is 0.267 e. The first kappa shape index (κ1) is 16.6. The molecule has 7 heteroatoms. The predicted molar refractivity (Wildman–Crippen MR) is 96.3 cm³/mol. The molecule has 0 saturated heterocycles. The summed E-state index contributed by atoms with van der Waals surface area (Å²) in [5.41, 5.74) is 8.27. The van der Waals surface area contributed by atoms with Crippen molar-refractivity contribution in [1.82, 2.24) is 19.7 Å². The monoisotopic (exact) mass is 337 g/mol. The summed E-state index contributed by atoms with van der Waals surface area (Å²) in [7, 11) is 1.51. The number of rotatable bonds is 4. The van der Waals surface area contributed by atoms with Crippen molar-refractivity contribution < 1.29 is 4.74 Å². The van der Waals surface area contributed by atoms with Crippen LogP contribution < -0.4 is 16.0 Å². The highest BCUT2D eigenvalue weighted by Crippen LogP contribution is 2.36. The molecule has 7 nitrogen and oxygen atoms in total. The standard InChI is InChI=1S/C18H19N5O2/c1-11(2)23-14(24)10-9-13(22-23)15-16(12-7-5-4-6-8-12)20-18(19)21-17(15)25-3/h4-11H,1-3H3,(H2,19,20,21). The van der Waals surface area contributed by atoms with E-state index >= 15 is 0 Å². The third-order valence-corrected chi connectivity index (χ3v) is 3.70. The summed E-state index contributed by atoms with van der Waals surface area (Å²) < 4.78 is 6.83. The predicted octanol–water partition coefficient (Wildman–Crippen LogP) is 2.54. The number of methoxy groups -OCH3 is 1. The topological polar surface area (TPSA) is 95.9 Å². The molecule has 0 amide bonds. The summed E-state index contributed by atoms with van der Waals surface area (Å²) in [6.45, 7) is 3.79. The van der Waals surface area contributed by atoms with Crippen molar-refractivity contribution in [2.24, 2.45) is 0 Å². The molecule has 0 spiro atoms. The molecule has 0 aliphatic rings. The fourth-order valence-electron chi connectivity index (χ4n) is 2.57. The van der Waals surface area contributed by atoms with Gasteiger partial charge in [-0.1, -0.05) is 30.3 Å².